The molecular weight excluding hydrogens is 392 g/mol. The summed E-state index contributed by atoms with van der Waals surface area (Å²) in [6.45, 7) is 13.3. The summed E-state index contributed by atoms with van der Waals surface area (Å²) in [5.74, 6) is 0.329. The number of nitrogens with zero attached hydrogens (tertiary/aromatic N) is 2. The predicted octanol–water partition coefficient (Wildman–Crippen LogP) is 6.31. The van der Waals surface area contributed by atoms with Crippen molar-refractivity contribution in [2.45, 2.75) is 38.5 Å². The number of benzene rings is 2. The van der Waals surface area contributed by atoms with Gasteiger partial charge >= 0.3 is 0 Å². The minimum absolute atomic E-state index is 0.136. The SMILES string of the molecule is C=C1C(/C=C2/N(C)c3ccccc3C2(C)C)=C(O)C/1=C/C1=[N+](C)c2ccccc2C1(C)C. The monoisotopic (exact) mass is 423 g/mol. The molecule has 0 unspecified atom stereocenters. The molecule has 2 aliphatic heterocycles. The molecule has 3 nitrogen and oxygen atoms in total. The second-order valence-corrected chi connectivity index (χ2v) is 10.1. The molecule has 32 heavy (non-hydrogen) atoms. The summed E-state index contributed by atoms with van der Waals surface area (Å²) in [6, 6.07) is 17.0. The summed E-state index contributed by atoms with van der Waals surface area (Å²) in [5, 5.41) is 11.1. The Balaban J connectivity index is 1.55. The Labute approximate surface area is 191 Å². The van der Waals surface area contributed by atoms with Crippen molar-refractivity contribution in [3.63, 3.8) is 0 Å². The summed E-state index contributed by atoms with van der Waals surface area (Å²) in [5.41, 5.74) is 9.64. The second kappa shape index (κ2) is 6.59. The third-order valence-corrected chi connectivity index (χ3v) is 7.60. The molecule has 0 aromatic heterocycles. The molecule has 0 saturated carbocycles. The van der Waals surface area contributed by atoms with Crippen LogP contribution in [0, 0.1) is 0 Å². The molecule has 2 aromatic carbocycles. The van der Waals surface area contributed by atoms with Gasteiger partial charge in [0, 0.05) is 52.7 Å². The van der Waals surface area contributed by atoms with Crippen LogP contribution in [0.25, 0.3) is 0 Å². The Hall–Kier alpha value is -3.33. The number of hydrogen-bond donors (Lipinski definition) is 1. The lowest BCUT2D eigenvalue weighted by molar-refractivity contribution is -0.401. The number of hydrogen-bond acceptors (Lipinski definition) is 2. The molecule has 0 bridgehead atoms. The first-order chi connectivity index (χ1) is 15.1. The molecule has 0 fully saturated rings. The first-order valence-corrected chi connectivity index (χ1v) is 11.2. The Morgan fingerprint density at radius 3 is 2.16 bits per heavy atom. The Morgan fingerprint density at radius 2 is 1.53 bits per heavy atom. The lowest BCUT2D eigenvalue weighted by atomic mass is 9.76. The van der Waals surface area contributed by atoms with Crippen LogP contribution in [-0.4, -0.2) is 29.5 Å². The van der Waals surface area contributed by atoms with Crippen molar-refractivity contribution >= 4 is 17.1 Å². The van der Waals surface area contributed by atoms with Crippen LogP contribution >= 0.6 is 0 Å². The fourth-order valence-corrected chi connectivity index (χ4v) is 5.62. The highest BCUT2D eigenvalue weighted by Gasteiger charge is 2.44. The van der Waals surface area contributed by atoms with Crippen LogP contribution in [0.2, 0.25) is 0 Å². The quantitative estimate of drug-likeness (QED) is 0.573. The van der Waals surface area contributed by atoms with E-state index in [-0.39, 0.29) is 10.8 Å². The maximum absolute atomic E-state index is 11.1. The molecule has 2 aromatic rings. The molecule has 0 spiro atoms. The van der Waals surface area contributed by atoms with E-state index in [0.717, 1.165) is 16.7 Å². The summed E-state index contributed by atoms with van der Waals surface area (Å²) in [6.07, 6.45) is 4.22. The first-order valence-electron chi connectivity index (χ1n) is 11.2. The summed E-state index contributed by atoms with van der Waals surface area (Å²) in [4.78, 5) is 2.23. The topological polar surface area (TPSA) is 26.5 Å². The van der Waals surface area contributed by atoms with Crippen molar-refractivity contribution in [1.29, 1.82) is 0 Å². The smallest absolute Gasteiger partial charge is 0.209 e. The number of anilines is 1. The highest BCUT2D eigenvalue weighted by atomic mass is 16.3. The van der Waals surface area contributed by atoms with Gasteiger partial charge < -0.3 is 10.0 Å². The zero-order chi connectivity index (χ0) is 23.0. The van der Waals surface area contributed by atoms with Gasteiger partial charge in [-0.25, -0.2) is 0 Å². The number of fused-ring (bicyclic) bond motifs is 2. The molecule has 3 heteroatoms. The van der Waals surface area contributed by atoms with Crippen LogP contribution in [0.3, 0.4) is 0 Å². The van der Waals surface area contributed by atoms with E-state index in [1.165, 1.54) is 33.9 Å². The largest absolute Gasteiger partial charge is 0.507 e. The summed E-state index contributed by atoms with van der Waals surface area (Å²) < 4.78 is 2.23. The van der Waals surface area contributed by atoms with Crippen molar-refractivity contribution in [2.75, 3.05) is 19.0 Å². The molecular formula is C29H31N2O+. The van der Waals surface area contributed by atoms with E-state index < -0.39 is 0 Å². The fourth-order valence-electron chi connectivity index (χ4n) is 5.62. The van der Waals surface area contributed by atoms with Gasteiger partial charge in [0.1, 0.15) is 12.8 Å². The van der Waals surface area contributed by atoms with Crippen molar-refractivity contribution < 1.29 is 9.68 Å². The van der Waals surface area contributed by atoms with Crippen molar-refractivity contribution in [3.05, 3.63) is 107 Å². The lowest BCUT2D eigenvalue weighted by Crippen LogP contribution is -2.28. The number of rotatable bonds is 2. The van der Waals surface area contributed by atoms with Crippen LogP contribution < -0.4 is 4.90 Å². The van der Waals surface area contributed by atoms with E-state index in [4.69, 9.17) is 0 Å². The molecule has 1 N–H and O–H groups in total. The fraction of sp³-hybridized carbons (Fsp3) is 0.276. The van der Waals surface area contributed by atoms with Crippen molar-refractivity contribution in [2.24, 2.45) is 0 Å². The zero-order valence-corrected chi connectivity index (χ0v) is 19.8. The van der Waals surface area contributed by atoms with Gasteiger partial charge in [0.05, 0.1) is 5.41 Å². The van der Waals surface area contributed by atoms with E-state index in [1.807, 2.05) is 0 Å². The van der Waals surface area contributed by atoms with Gasteiger partial charge in [-0.2, -0.15) is 4.58 Å². The molecule has 3 aliphatic rings. The third-order valence-electron chi connectivity index (χ3n) is 7.60. The van der Waals surface area contributed by atoms with Crippen LogP contribution in [0.4, 0.5) is 11.4 Å². The van der Waals surface area contributed by atoms with E-state index >= 15 is 0 Å². The van der Waals surface area contributed by atoms with Crippen LogP contribution in [0.15, 0.2) is 95.4 Å². The van der Waals surface area contributed by atoms with Gasteiger partial charge in [0.25, 0.3) is 0 Å². The van der Waals surface area contributed by atoms with Gasteiger partial charge in [-0.3, -0.25) is 0 Å². The Kier molecular flexibility index (Phi) is 4.23. The average molecular weight is 424 g/mol. The molecule has 5 rings (SSSR count). The molecule has 0 atom stereocenters. The van der Waals surface area contributed by atoms with E-state index in [9.17, 15) is 5.11 Å². The van der Waals surface area contributed by atoms with E-state index in [1.54, 1.807) is 0 Å². The van der Waals surface area contributed by atoms with E-state index in [2.05, 4.69) is 119 Å². The molecule has 2 heterocycles. The van der Waals surface area contributed by atoms with Gasteiger partial charge in [-0.15, -0.1) is 0 Å². The second-order valence-electron chi connectivity index (χ2n) is 10.1. The molecule has 0 saturated heterocycles. The number of likely N-dealkylation sites (N-methyl/N-ethyl adjacent to an activating group) is 1. The summed E-state index contributed by atoms with van der Waals surface area (Å²) >= 11 is 0. The number of aliphatic hydroxyl groups is 1. The van der Waals surface area contributed by atoms with Gasteiger partial charge in [0.2, 0.25) is 5.69 Å². The van der Waals surface area contributed by atoms with E-state index in [0.29, 0.717) is 5.76 Å². The highest BCUT2D eigenvalue weighted by Crippen LogP contribution is 2.49. The molecule has 0 amide bonds. The third kappa shape index (κ3) is 2.57. The zero-order valence-electron chi connectivity index (χ0n) is 19.8. The van der Waals surface area contributed by atoms with Crippen LogP contribution in [0.1, 0.15) is 38.8 Å². The van der Waals surface area contributed by atoms with Gasteiger partial charge in [-0.1, -0.05) is 56.8 Å². The number of allylic oxidation sites excluding steroid dienone is 5. The minimum Gasteiger partial charge on any atom is -0.507 e. The highest BCUT2D eigenvalue weighted by molar-refractivity contribution is 6.05. The molecule has 1 aliphatic carbocycles. The predicted molar refractivity (Wildman–Crippen MR) is 133 cm³/mol. The normalized spacial score (nSPS) is 23.2. The Morgan fingerprint density at radius 1 is 0.906 bits per heavy atom. The lowest BCUT2D eigenvalue weighted by Gasteiger charge is -2.29. The first kappa shape index (κ1) is 20.6. The Bertz CT molecular complexity index is 1310. The number of aliphatic hydroxyl groups excluding tert-OH is 1. The van der Waals surface area contributed by atoms with Crippen molar-refractivity contribution in [1.82, 2.24) is 0 Å². The molecule has 0 radical (unpaired) electrons. The van der Waals surface area contributed by atoms with Crippen molar-refractivity contribution in [3.8, 4) is 0 Å². The maximum Gasteiger partial charge on any atom is 0.209 e. The van der Waals surface area contributed by atoms with Crippen LogP contribution in [-0.2, 0) is 10.8 Å². The standard InChI is InChI=1S/C29H30N2O/c1-18-19(16-25-28(2,3)21-12-8-10-14-23(21)30(25)6)27(32)20(18)17-26-29(4,5)22-13-9-11-15-24(22)31(26)7/h8-17H,1H2,2-7H3/p+1. The van der Waals surface area contributed by atoms with Crippen LogP contribution in [0.5, 0.6) is 0 Å². The minimum atomic E-state index is -0.136. The number of para-hydroxylation sites is 2. The summed E-state index contributed by atoms with van der Waals surface area (Å²) in [7, 11) is 4.19. The van der Waals surface area contributed by atoms with Gasteiger partial charge in [0.15, 0.2) is 5.71 Å². The van der Waals surface area contributed by atoms with Gasteiger partial charge in [-0.05, 0) is 37.1 Å². The average Bonchev–Trinajstić information content (AvgIpc) is 3.09. The molecule has 162 valence electrons. The maximum atomic E-state index is 11.1.